The number of hydrogen-bond donors (Lipinski definition) is 1. The molecule has 0 spiro atoms. The second-order valence-corrected chi connectivity index (χ2v) is 6.36. The van der Waals surface area contributed by atoms with E-state index in [1.807, 2.05) is 4.90 Å². The molecule has 1 aliphatic heterocycles. The molecular weight excluding hydrogens is 270 g/mol. The van der Waals surface area contributed by atoms with Gasteiger partial charge in [0.1, 0.15) is 11.2 Å². The lowest BCUT2D eigenvalue weighted by Gasteiger charge is -2.33. The molecule has 0 aromatic carbocycles. The largest absolute Gasteiger partial charge is 0.360 e. The van der Waals surface area contributed by atoms with Gasteiger partial charge < -0.3 is 14.7 Å². The van der Waals surface area contributed by atoms with E-state index in [-0.39, 0.29) is 11.8 Å². The first-order valence-corrected chi connectivity index (χ1v) is 7.55. The van der Waals surface area contributed by atoms with Crippen molar-refractivity contribution in [2.75, 3.05) is 18.4 Å². The van der Waals surface area contributed by atoms with Gasteiger partial charge in [-0.2, -0.15) is 0 Å². The zero-order valence-electron chi connectivity index (χ0n) is 12.5. The molecule has 1 saturated carbocycles. The zero-order chi connectivity index (χ0) is 15.0. The number of nitrogens with one attached hydrogen (secondary N) is 1. The van der Waals surface area contributed by atoms with Crippen LogP contribution in [-0.2, 0) is 9.59 Å². The third kappa shape index (κ3) is 2.66. The van der Waals surface area contributed by atoms with Crippen molar-refractivity contribution in [1.82, 2.24) is 10.1 Å². The minimum atomic E-state index is -0.871. The van der Waals surface area contributed by atoms with Gasteiger partial charge in [0.15, 0.2) is 5.82 Å². The summed E-state index contributed by atoms with van der Waals surface area (Å²) in [6, 6.07) is 1.65. The van der Waals surface area contributed by atoms with Gasteiger partial charge in [-0.1, -0.05) is 12.1 Å². The molecule has 114 valence electrons. The van der Waals surface area contributed by atoms with Crippen LogP contribution in [-0.4, -0.2) is 35.0 Å². The predicted octanol–water partition coefficient (Wildman–Crippen LogP) is 1.96. The summed E-state index contributed by atoms with van der Waals surface area (Å²) >= 11 is 0. The van der Waals surface area contributed by atoms with Crippen LogP contribution in [0.5, 0.6) is 0 Å². The maximum atomic E-state index is 12.7. The van der Waals surface area contributed by atoms with Gasteiger partial charge in [-0.15, -0.1) is 0 Å². The molecule has 6 heteroatoms. The van der Waals surface area contributed by atoms with E-state index >= 15 is 0 Å². The number of carbonyl (C=O) groups excluding carboxylic acids is 2. The van der Waals surface area contributed by atoms with Gasteiger partial charge >= 0.3 is 0 Å². The van der Waals surface area contributed by atoms with E-state index in [1.165, 1.54) is 0 Å². The van der Waals surface area contributed by atoms with Crippen LogP contribution in [0, 0.1) is 18.3 Å². The molecule has 0 radical (unpaired) electrons. The van der Waals surface area contributed by atoms with Crippen molar-refractivity contribution in [3.8, 4) is 0 Å². The average molecular weight is 291 g/mol. The highest BCUT2D eigenvalue weighted by molar-refractivity contribution is 6.12. The molecule has 2 aliphatic rings. The summed E-state index contributed by atoms with van der Waals surface area (Å²) in [7, 11) is 0. The standard InChI is InChI=1S/C15H21N3O3/c1-10-4-3-7-18(9-10)14(20)15(5-6-15)13(19)16-12-8-11(2)21-17-12/h8,10H,3-7,9H2,1-2H3,(H,16,17,19). The second-order valence-electron chi connectivity index (χ2n) is 6.36. The van der Waals surface area contributed by atoms with Gasteiger partial charge in [0.2, 0.25) is 11.8 Å². The summed E-state index contributed by atoms with van der Waals surface area (Å²) in [4.78, 5) is 27.0. The third-order valence-electron chi connectivity index (χ3n) is 4.41. The lowest BCUT2D eigenvalue weighted by Crippen LogP contribution is -2.46. The van der Waals surface area contributed by atoms with Crippen molar-refractivity contribution in [3.05, 3.63) is 11.8 Å². The molecule has 1 saturated heterocycles. The number of aromatic nitrogens is 1. The highest BCUT2D eigenvalue weighted by Gasteiger charge is 2.58. The number of anilines is 1. The minimum Gasteiger partial charge on any atom is -0.360 e. The average Bonchev–Trinajstić information content (AvgIpc) is 3.17. The maximum Gasteiger partial charge on any atom is 0.241 e. The summed E-state index contributed by atoms with van der Waals surface area (Å²) in [5.41, 5.74) is -0.871. The second kappa shape index (κ2) is 5.16. The van der Waals surface area contributed by atoms with Crippen LogP contribution in [0.25, 0.3) is 0 Å². The third-order valence-corrected chi connectivity index (χ3v) is 4.41. The Bertz CT molecular complexity index is 562. The Balaban J connectivity index is 1.68. The van der Waals surface area contributed by atoms with Crippen LogP contribution in [0.15, 0.2) is 10.6 Å². The van der Waals surface area contributed by atoms with E-state index in [0.29, 0.717) is 30.3 Å². The monoisotopic (exact) mass is 291 g/mol. The normalized spacial score (nSPS) is 23.7. The Morgan fingerprint density at radius 1 is 1.48 bits per heavy atom. The zero-order valence-corrected chi connectivity index (χ0v) is 12.5. The molecule has 1 unspecified atom stereocenters. The van der Waals surface area contributed by atoms with Crippen molar-refractivity contribution < 1.29 is 14.1 Å². The number of likely N-dealkylation sites (tertiary alicyclic amines) is 1. The van der Waals surface area contributed by atoms with Crippen LogP contribution in [0.2, 0.25) is 0 Å². The lowest BCUT2D eigenvalue weighted by molar-refractivity contribution is -0.143. The van der Waals surface area contributed by atoms with Crippen molar-refractivity contribution in [2.24, 2.45) is 11.3 Å². The fourth-order valence-corrected chi connectivity index (χ4v) is 3.00. The SMILES string of the molecule is Cc1cc(NC(=O)C2(C(=O)N3CCCC(C)C3)CC2)no1. The number of aryl methyl sites for hydroxylation is 1. The van der Waals surface area contributed by atoms with Crippen LogP contribution >= 0.6 is 0 Å². The first-order valence-electron chi connectivity index (χ1n) is 7.55. The van der Waals surface area contributed by atoms with E-state index in [9.17, 15) is 9.59 Å². The van der Waals surface area contributed by atoms with Crippen LogP contribution in [0.1, 0.15) is 38.4 Å². The molecule has 0 bridgehead atoms. The number of hydrogen-bond acceptors (Lipinski definition) is 4. The number of carbonyl (C=O) groups is 2. The maximum absolute atomic E-state index is 12.7. The van der Waals surface area contributed by atoms with E-state index in [0.717, 1.165) is 25.9 Å². The first kappa shape index (κ1) is 14.1. The predicted molar refractivity (Wildman–Crippen MR) is 76.5 cm³/mol. The molecule has 1 aromatic rings. The molecule has 21 heavy (non-hydrogen) atoms. The lowest BCUT2D eigenvalue weighted by atomic mass is 9.97. The summed E-state index contributed by atoms with van der Waals surface area (Å²) in [5.74, 6) is 1.25. The Morgan fingerprint density at radius 3 is 2.81 bits per heavy atom. The summed E-state index contributed by atoms with van der Waals surface area (Å²) in [6.45, 7) is 5.44. The number of rotatable bonds is 3. The van der Waals surface area contributed by atoms with E-state index in [4.69, 9.17) is 4.52 Å². The molecule has 2 fully saturated rings. The number of nitrogens with zero attached hydrogens (tertiary/aromatic N) is 2. The molecule has 1 aromatic heterocycles. The molecule has 1 aliphatic carbocycles. The van der Waals surface area contributed by atoms with Gasteiger partial charge in [0.25, 0.3) is 0 Å². The van der Waals surface area contributed by atoms with E-state index in [1.54, 1.807) is 13.0 Å². The first-order chi connectivity index (χ1) is 10.0. The van der Waals surface area contributed by atoms with Gasteiger partial charge in [-0.05, 0) is 38.5 Å². The number of piperidine rings is 1. The molecule has 2 amide bonds. The summed E-state index contributed by atoms with van der Waals surface area (Å²) in [5, 5.41) is 6.45. The van der Waals surface area contributed by atoms with E-state index < -0.39 is 5.41 Å². The molecule has 1 N–H and O–H groups in total. The fraction of sp³-hybridized carbons (Fsp3) is 0.667. The van der Waals surface area contributed by atoms with Crippen molar-refractivity contribution in [1.29, 1.82) is 0 Å². The van der Waals surface area contributed by atoms with E-state index in [2.05, 4.69) is 17.4 Å². The Hall–Kier alpha value is -1.85. The smallest absolute Gasteiger partial charge is 0.241 e. The Labute approximate surface area is 123 Å². The highest BCUT2D eigenvalue weighted by atomic mass is 16.5. The van der Waals surface area contributed by atoms with Crippen LogP contribution in [0.3, 0.4) is 0 Å². The molecule has 1 atom stereocenters. The molecule has 2 heterocycles. The Morgan fingerprint density at radius 2 is 2.24 bits per heavy atom. The highest BCUT2D eigenvalue weighted by Crippen LogP contribution is 2.48. The van der Waals surface area contributed by atoms with Crippen molar-refractivity contribution in [2.45, 2.75) is 39.5 Å². The van der Waals surface area contributed by atoms with Gasteiger partial charge in [0.05, 0.1) is 0 Å². The molecular formula is C15H21N3O3. The van der Waals surface area contributed by atoms with Gasteiger partial charge in [-0.3, -0.25) is 9.59 Å². The summed E-state index contributed by atoms with van der Waals surface area (Å²) in [6.07, 6.45) is 3.42. The van der Waals surface area contributed by atoms with Crippen molar-refractivity contribution >= 4 is 17.6 Å². The summed E-state index contributed by atoms with van der Waals surface area (Å²) < 4.78 is 4.93. The molecule has 6 nitrogen and oxygen atoms in total. The topological polar surface area (TPSA) is 75.4 Å². The van der Waals surface area contributed by atoms with Gasteiger partial charge in [0, 0.05) is 19.2 Å². The quantitative estimate of drug-likeness (QED) is 0.864. The minimum absolute atomic E-state index is 0.0215. The van der Waals surface area contributed by atoms with Gasteiger partial charge in [-0.25, -0.2) is 0 Å². The Kier molecular flexibility index (Phi) is 3.47. The van der Waals surface area contributed by atoms with Crippen LogP contribution < -0.4 is 5.32 Å². The van der Waals surface area contributed by atoms with Crippen molar-refractivity contribution in [3.63, 3.8) is 0 Å². The molecule has 3 rings (SSSR count). The van der Waals surface area contributed by atoms with Crippen LogP contribution in [0.4, 0.5) is 5.82 Å². The number of amides is 2. The fourth-order valence-electron chi connectivity index (χ4n) is 3.00.